The molecule has 0 aromatic carbocycles. The van der Waals surface area contributed by atoms with Crippen molar-refractivity contribution in [3.05, 3.63) is 0 Å². The van der Waals surface area contributed by atoms with Crippen molar-refractivity contribution >= 4 is 5.78 Å². The first-order valence-electron chi connectivity index (χ1n) is 6.18. The van der Waals surface area contributed by atoms with E-state index in [9.17, 15) is 4.79 Å². The highest BCUT2D eigenvalue weighted by molar-refractivity contribution is 5.79. The highest BCUT2D eigenvalue weighted by Crippen LogP contribution is 2.07. The zero-order chi connectivity index (χ0) is 13.1. The second-order valence-electron chi connectivity index (χ2n) is 5.00. The van der Waals surface area contributed by atoms with Crippen molar-refractivity contribution in [3.8, 4) is 0 Å². The average molecular weight is 246 g/mol. The molecule has 0 saturated heterocycles. The van der Waals surface area contributed by atoms with Crippen LogP contribution < -0.4 is 0 Å². The largest absolute Gasteiger partial charge is 0.382 e. The van der Waals surface area contributed by atoms with E-state index in [1.54, 1.807) is 7.11 Å². The molecule has 0 atom stereocenters. The maximum Gasteiger partial charge on any atom is 0.158 e. The number of hydrogen-bond donors (Lipinski definition) is 0. The number of ether oxygens (including phenoxy) is 3. The van der Waals surface area contributed by atoms with Crippen molar-refractivity contribution in [1.29, 1.82) is 0 Å². The third kappa shape index (κ3) is 13.5. The predicted octanol–water partition coefficient (Wildman–Crippen LogP) is 2.20. The molecule has 0 rings (SSSR count). The van der Waals surface area contributed by atoms with E-state index in [1.807, 2.05) is 20.8 Å². The first-order valence-corrected chi connectivity index (χ1v) is 6.18. The van der Waals surface area contributed by atoms with Crippen LogP contribution in [0, 0.1) is 0 Å². The van der Waals surface area contributed by atoms with Crippen molar-refractivity contribution in [2.24, 2.45) is 0 Å². The lowest BCUT2D eigenvalue weighted by atomic mass is 10.1. The SMILES string of the molecule is COCCOCCCCC(=O)COC(C)(C)C. The number of methoxy groups -OCH3 is 1. The molecule has 0 aromatic heterocycles. The molecule has 4 nitrogen and oxygen atoms in total. The number of unbranched alkanes of at least 4 members (excludes halogenated alkanes) is 1. The van der Waals surface area contributed by atoms with Crippen molar-refractivity contribution in [3.63, 3.8) is 0 Å². The minimum absolute atomic E-state index is 0.164. The van der Waals surface area contributed by atoms with Gasteiger partial charge in [-0.2, -0.15) is 0 Å². The Bertz CT molecular complexity index is 196. The monoisotopic (exact) mass is 246 g/mol. The van der Waals surface area contributed by atoms with E-state index in [2.05, 4.69) is 0 Å². The van der Waals surface area contributed by atoms with Crippen LogP contribution in [-0.4, -0.2) is 44.9 Å². The zero-order valence-corrected chi connectivity index (χ0v) is 11.6. The third-order valence-corrected chi connectivity index (χ3v) is 2.09. The fraction of sp³-hybridized carbons (Fsp3) is 0.923. The molecule has 0 aliphatic carbocycles. The van der Waals surface area contributed by atoms with Gasteiger partial charge in [-0.3, -0.25) is 4.79 Å². The quantitative estimate of drug-likeness (QED) is 0.554. The number of carbonyl (C=O) groups excluding carboxylic acids is 1. The second kappa shape index (κ2) is 9.57. The highest BCUT2D eigenvalue weighted by Gasteiger charge is 2.12. The van der Waals surface area contributed by atoms with Crippen molar-refractivity contribution in [2.75, 3.05) is 33.5 Å². The minimum atomic E-state index is -0.237. The molecule has 0 amide bonds. The predicted molar refractivity (Wildman–Crippen MR) is 67.3 cm³/mol. The lowest BCUT2D eigenvalue weighted by molar-refractivity contribution is -0.128. The van der Waals surface area contributed by atoms with Crippen LogP contribution in [0.25, 0.3) is 0 Å². The van der Waals surface area contributed by atoms with Crippen molar-refractivity contribution in [2.45, 2.75) is 45.6 Å². The maximum atomic E-state index is 11.4. The molecule has 0 fully saturated rings. The van der Waals surface area contributed by atoms with Gasteiger partial charge in [0, 0.05) is 20.1 Å². The van der Waals surface area contributed by atoms with Crippen LogP contribution in [0.3, 0.4) is 0 Å². The maximum absolute atomic E-state index is 11.4. The molecule has 0 heterocycles. The third-order valence-electron chi connectivity index (χ3n) is 2.09. The van der Waals surface area contributed by atoms with E-state index in [-0.39, 0.29) is 18.0 Å². The number of ketones is 1. The molecule has 17 heavy (non-hydrogen) atoms. The summed E-state index contributed by atoms with van der Waals surface area (Å²) in [5.41, 5.74) is -0.237. The summed E-state index contributed by atoms with van der Waals surface area (Å²) in [6.45, 7) is 8.00. The van der Waals surface area contributed by atoms with Crippen LogP contribution in [0.4, 0.5) is 0 Å². The van der Waals surface area contributed by atoms with Crippen LogP contribution in [0.5, 0.6) is 0 Å². The van der Waals surface area contributed by atoms with E-state index in [4.69, 9.17) is 14.2 Å². The van der Waals surface area contributed by atoms with Crippen LogP contribution in [-0.2, 0) is 19.0 Å². The van der Waals surface area contributed by atoms with E-state index in [0.717, 1.165) is 12.8 Å². The highest BCUT2D eigenvalue weighted by atomic mass is 16.5. The van der Waals surface area contributed by atoms with E-state index >= 15 is 0 Å². The number of rotatable bonds is 10. The zero-order valence-electron chi connectivity index (χ0n) is 11.6. The molecule has 102 valence electrons. The van der Waals surface area contributed by atoms with E-state index < -0.39 is 0 Å². The summed E-state index contributed by atoms with van der Waals surface area (Å²) in [6, 6.07) is 0. The summed E-state index contributed by atoms with van der Waals surface area (Å²) < 4.78 is 15.6. The number of hydrogen-bond acceptors (Lipinski definition) is 4. The van der Waals surface area contributed by atoms with Gasteiger partial charge in [0.1, 0.15) is 6.61 Å². The number of carbonyl (C=O) groups is 1. The molecular weight excluding hydrogens is 220 g/mol. The smallest absolute Gasteiger partial charge is 0.158 e. The molecular formula is C13H26O4. The fourth-order valence-corrected chi connectivity index (χ4v) is 1.14. The summed E-state index contributed by atoms with van der Waals surface area (Å²) in [6.07, 6.45) is 2.34. The van der Waals surface area contributed by atoms with Gasteiger partial charge in [0.15, 0.2) is 5.78 Å². The Labute approximate surface area is 105 Å². The molecule has 0 unspecified atom stereocenters. The Morgan fingerprint density at radius 3 is 2.35 bits per heavy atom. The normalized spacial score (nSPS) is 11.8. The Balaban J connectivity index is 3.28. The molecule has 0 spiro atoms. The Morgan fingerprint density at radius 2 is 1.76 bits per heavy atom. The van der Waals surface area contributed by atoms with Gasteiger partial charge < -0.3 is 14.2 Å². The van der Waals surface area contributed by atoms with Gasteiger partial charge >= 0.3 is 0 Å². The van der Waals surface area contributed by atoms with Gasteiger partial charge in [-0.15, -0.1) is 0 Å². The van der Waals surface area contributed by atoms with Gasteiger partial charge in [0.2, 0.25) is 0 Å². The molecule has 0 aliphatic heterocycles. The van der Waals surface area contributed by atoms with Crippen LogP contribution in [0.1, 0.15) is 40.0 Å². The molecule has 4 heteroatoms. The average Bonchev–Trinajstić information content (AvgIpc) is 2.24. The first kappa shape index (κ1) is 16.6. The van der Waals surface area contributed by atoms with Gasteiger partial charge in [-0.25, -0.2) is 0 Å². The summed E-state index contributed by atoms with van der Waals surface area (Å²) in [5, 5.41) is 0. The van der Waals surface area contributed by atoms with Crippen LogP contribution >= 0.6 is 0 Å². The van der Waals surface area contributed by atoms with Crippen molar-refractivity contribution < 1.29 is 19.0 Å². The molecule has 0 N–H and O–H groups in total. The molecule has 0 bridgehead atoms. The second-order valence-corrected chi connectivity index (χ2v) is 5.00. The Hall–Kier alpha value is -0.450. The lowest BCUT2D eigenvalue weighted by Gasteiger charge is -2.18. The molecule has 0 saturated carbocycles. The molecule has 0 aliphatic rings. The fourth-order valence-electron chi connectivity index (χ4n) is 1.14. The first-order chi connectivity index (χ1) is 7.95. The molecule has 0 radical (unpaired) electrons. The summed E-state index contributed by atoms with van der Waals surface area (Å²) >= 11 is 0. The summed E-state index contributed by atoms with van der Waals surface area (Å²) in [4.78, 5) is 11.4. The van der Waals surface area contributed by atoms with Crippen LogP contribution in [0.2, 0.25) is 0 Å². The van der Waals surface area contributed by atoms with E-state index in [1.165, 1.54) is 0 Å². The van der Waals surface area contributed by atoms with E-state index in [0.29, 0.717) is 26.2 Å². The Morgan fingerprint density at radius 1 is 1.06 bits per heavy atom. The standard InChI is InChI=1S/C13H26O4/c1-13(2,3)17-11-12(14)7-5-6-8-16-10-9-15-4/h5-11H2,1-4H3. The summed E-state index contributed by atoms with van der Waals surface area (Å²) in [7, 11) is 1.65. The number of Topliss-reactive ketones (excluding diaryl/α,β-unsaturated/α-hetero) is 1. The van der Waals surface area contributed by atoms with Gasteiger partial charge in [0.05, 0.1) is 18.8 Å². The topological polar surface area (TPSA) is 44.8 Å². The Kier molecular flexibility index (Phi) is 9.31. The van der Waals surface area contributed by atoms with Crippen LogP contribution in [0.15, 0.2) is 0 Å². The minimum Gasteiger partial charge on any atom is -0.382 e. The van der Waals surface area contributed by atoms with Gasteiger partial charge in [0.25, 0.3) is 0 Å². The lowest BCUT2D eigenvalue weighted by Crippen LogP contribution is -2.23. The summed E-state index contributed by atoms with van der Waals surface area (Å²) in [5.74, 6) is 0.164. The molecule has 0 aromatic rings. The van der Waals surface area contributed by atoms with Gasteiger partial charge in [-0.05, 0) is 33.6 Å². The van der Waals surface area contributed by atoms with Gasteiger partial charge in [-0.1, -0.05) is 0 Å². The van der Waals surface area contributed by atoms with Crippen molar-refractivity contribution in [1.82, 2.24) is 0 Å².